The fourth-order valence-corrected chi connectivity index (χ4v) is 4.42. The molecule has 2 amide bonds. The van der Waals surface area contributed by atoms with E-state index < -0.39 is 0 Å². The van der Waals surface area contributed by atoms with E-state index in [2.05, 4.69) is 16.8 Å². The van der Waals surface area contributed by atoms with Crippen molar-refractivity contribution in [2.45, 2.75) is 12.5 Å². The van der Waals surface area contributed by atoms with E-state index >= 15 is 0 Å². The third-order valence-corrected chi connectivity index (χ3v) is 6.01. The minimum atomic E-state index is -0.121. The number of carbonyl (C=O) groups is 1. The van der Waals surface area contributed by atoms with Gasteiger partial charge in [0.1, 0.15) is 0 Å². The smallest absolute Gasteiger partial charge is 0.313 e. The van der Waals surface area contributed by atoms with Gasteiger partial charge in [-0.2, -0.15) is 0 Å². The molecule has 0 radical (unpaired) electrons. The fraction of sp³-hybridized carbons (Fsp3) is 0.150. The van der Waals surface area contributed by atoms with Gasteiger partial charge in [0, 0.05) is 27.2 Å². The number of anilines is 1. The van der Waals surface area contributed by atoms with Crippen LogP contribution in [-0.4, -0.2) is 17.5 Å². The lowest BCUT2D eigenvalue weighted by molar-refractivity contribution is 0.194. The van der Waals surface area contributed by atoms with Crippen LogP contribution in [0, 0.1) is 0 Å². The van der Waals surface area contributed by atoms with E-state index in [9.17, 15) is 4.79 Å². The van der Waals surface area contributed by atoms with Gasteiger partial charge in [0.05, 0.1) is 6.04 Å². The third kappa shape index (κ3) is 3.45. The number of hydrogen-bond acceptors (Lipinski definition) is 2. The highest BCUT2D eigenvalue weighted by Crippen LogP contribution is 2.38. The molecule has 0 fully saturated rings. The Morgan fingerprint density at radius 2 is 1.65 bits per heavy atom. The zero-order valence-electron chi connectivity index (χ0n) is 13.8. The van der Waals surface area contributed by atoms with Crippen molar-refractivity contribution < 1.29 is 4.79 Å². The van der Waals surface area contributed by atoms with Crippen LogP contribution in [0.25, 0.3) is 0 Å². The van der Waals surface area contributed by atoms with Crippen LogP contribution >= 0.6 is 34.5 Å². The summed E-state index contributed by atoms with van der Waals surface area (Å²) in [6.45, 7) is 0.667. The average molecular weight is 403 g/mol. The number of thiophene rings is 1. The Morgan fingerprint density at radius 3 is 2.35 bits per heavy atom. The molecular weight excluding hydrogens is 387 g/mol. The van der Waals surface area contributed by atoms with Crippen molar-refractivity contribution >= 4 is 46.3 Å². The maximum atomic E-state index is 13.0. The summed E-state index contributed by atoms with van der Waals surface area (Å²) < 4.78 is 0. The van der Waals surface area contributed by atoms with E-state index in [0.29, 0.717) is 16.6 Å². The van der Waals surface area contributed by atoms with Crippen molar-refractivity contribution in [3.05, 3.63) is 86.0 Å². The lowest BCUT2D eigenvalue weighted by atomic mass is 9.93. The molecule has 1 aliphatic rings. The molecule has 26 heavy (non-hydrogen) atoms. The quantitative estimate of drug-likeness (QED) is 0.540. The van der Waals surface area contributed by atoms with Gasteiger partial charge in [-0.25, -0.2) is 4.79 Å². The largest absolute Gasteiger partial charge is 0.322 e. The summed E-state index contributed by atoms with van der Waals surface area (Å²) in [7, 11) is 0. The number of nitrogens with zero attached hydrogens (tertiary/aromatic N) is 1. The van der Waals surface area contributed by atoms with Crippen molar-refractivity contribution in [3.63, 3.8) is 0 Å². The topological polar surface area (TPSA) is 32.3 Å². The summed E-state index contributed by atoms with van der Waals surface area (Å²) in [5, 5.41) is 6.40. The minimum Gasteiger partial charge on any atom is -0.313 e. The Labute approximate surface area is 166 Å². The predicted octanol–water partition coefficient (Wildman–Crippen LogP) is 6.23. The summed E-state index contributed by atoms with van der Waals surface area (Å²) in [6.07, 6.45) is 0.866. The van der Waals surface area contributed by atoms with E-state index in [-0.39, 0.29) is 12.1 Å². The summed E-state index contributed by atoms with van der Waals surface area (Å²) in [4.78, 5) is 16.2. The van der Waals surface area contributed by atoms with Crippen molar-refractivity contribution in [2.75, 3.05) is 11.9 Å². The average Bonchev–Trinajstić information content (AvgIpc) is 3.12. The fourth-order valence-electron chi connectivity index (χ4n) is 3.27. The Bertz CT molecular complexity index is 922. The summed E-state index contributed by atoms with van der Waals surface area (Å²) >= 11 is 13.7. The van der Waals surface area contributed by atoms with Crippen LogP contribution in [0.1, 0.15) is 22.0 Å². The van der Waals surface area contributed by atoms with Crippen LogP contribution in [0.4, 0.5) is 10.5 Å². The van der Waals surface area contributed by atoms with E-state index in [4.69, 9.17) is 23.2 Å². The Hall–Kier alpha value is -2.01. The molecule has 3 nitrogen and oxygen atoms in total. The molecule has 4 rings (SSSR count). The van der Waals surface area contributed by atoms with Crippen LogP contribution in [-0.2, 0) is 6.42 Å². The highest BCUT2D eigenvalue weighted by Gasteiger charge is 2.32. The van der Waals surface area contributed by atoms with Gasteiger partial charge < -0.3 is 10.2 Å². The van der Waals surface area contributed by atoms with Crippen molar-refractivity contribution in [1.82, 2.24) is 4.90 Å². The molecule has 2 aromatic carbocycles. The number of amides is 2. The van der Waals surface area contributed by atoms with Gasteiger partial charge in [0.25, 0.3) is 0 Å². The van der Waals surface area contributed by atoms with Crippen LogP contribution in [0.3, 0.4) is 0 Å². The molecule has 0 saturated heterocycles. The SMILES string of the molecule is O=C(Nc1ccc(Cl)cc1)N1CCc2sccc2[C@@H]1c1ccc(Cl)cc1. The molecule has 2 heterocycles. The molecule has 0 saturated carbocycles. The van der Waals surface area contributed by atoms with E-state index in [1.165, 1.54) is 10.4 Å². The summed E-state index contributed by atoms with van der Waals surface area (Å²) in [5.74, 6) is 0. The first-order chi connectivity index (χ1) is 12.6. The predicted molar refractivity (Wildman–Crippen MR) is 108 cm³/mol. The summed E-state index contributed by atoms with van der Waals surface area (Å²) in [5.41, 5.74) is 2.97. The van der Waals surface area contributed by atoms with Gasteiger partial charge in [0.2, 0.25) is 0 Å². The van der Waals surface area contributed by atoms with Crippen LogP contribution < -0.4 is 5.32 Å². The van der Waals surface area contributed by atoms with Gasteiger partial charge in [-0.1, -0.05) is 35.3 Å². The highest BCUT2D eigenvalue weighted by molar-refractivity contribution is 7.10. The molecule has 0 spiro atoms. The van der Waals surface area contributed by atoms with Gasteiger partial charge in [0.15, 0.2) is 0 Å². The van der Waals surface area contributed by atoms with Crippen molar-refractivity contribution in [2.24, 2.45) is 0 Å². The van der Waals surface area contributed by atoms with Crippen LogP contribution in [0.5, 0.6) is 0 Å². The van der Waals surface area contributed by atoms with E-state index in [0.717, 1.165) is 17.7 Å². The van der Waals surface area contributed by atoms with Gasteiger partial charge >= 0.3 is 6.03 Å². The number of halogens is 2. The van der Waals surface area contributed by atoms with Crippen molar-refractivity contribution in [1.29, 1.82) is 0 Å². The highest BCUT2D eigenvalue weighted by atomic mass is 35.5. The Balaban J connectivity index is 1.66. The van der Waals surface area contributed by atoms with E-state index in [1.807, 2.05) is 29.2 Å². The van der Waals surface area contributed by atoms with E-state index in [1.54, 1.807) is 35.6 Å². The van der Waals surface area contributed by atoms with Crippen LogP contribution in [0.15, 0.2) is 60.0 Å². The first-order valence-electron chi connectivity index (χ1n) is 8.27. The molecule has 6 heteroatoms. The Morgan fingerprint density at radius 1 is 1.00 bits per heavy atom. The van der Waals surface area contributed by atoms with Gasteiger partial charge in [-0.15, -0.1) is 11.3 Å². The lowest BCUT2D eigenvalue weighted by Crippen LogP contribution is -2.42. The summed E-state index contributed by atoms with van der Waals surface area (Å²) in [6, 6.07) is 16.7. The maximum absolute atomic E-state index is 13.0. The number of rotatable bonds is 2. The number of carbonyl (C=O) groups excluding carboxylic acids is 1. The number of fused-ring (bicyclic) bond motifs is 1. The number of hydrogen-bond donors (Lipinski definition) is 1. The maximum Gasteiger partial charge on any atom is 0.322 e. The molecule has 1 aromatic heterocycles. The third-order valence-electron chi connectivity index (χ3n) is 4.51. The normalized spacial score (nSPS) is 16.2. The lowest BCUT2D eigenvalue weighted by Gasteiger charge is -2.36. The molecule has 0 aliphatic carbocycles. The van der Waals surface area contributed by atoms with Gasteiger partial charge in [-0.3, -0.25) is 0 Å². The first-order valence-corrected chi connectivity index (χ1v) is 9.90. The standard InChI is InChI=1S/C20H16Cl2N2OS/c21-14-3-1-13(2-4-14)19-17-10-12-26-18(17)9-11-24(19)20(25)23-16-7-5-15(22)6-8-16/h1-8,10,12,19H,9,11H2,(H,23,25)/t19-/m0/s1. The van der Waals surface area contributed by atoms with Crippen LogP contribution in [0.2, 0.25) is 10.0 Å². The number of benzene rings is 2. The second-order valence-corrected chi connectivity index (χ2v) is 8.01. The number of nitrogens with one attached hydrogen (secondary N) is 1. The van der Waals surface area contributed by atoms with Crippen molar-refractivity contribution in [3.8, 4) is 0 Å². The molecule has 0 unspecified atom stereocenters. The minimum absolute atomic E-state index is 0.116. The molecule has 1 atom stereocenters. The molecule has 1 N–H and O–H groups in total. The first kappa shape index (κ1) is 17.4. The molecule has 3 aromatic rings. The number of urea groups is 1. The second-order valence-electron chi connectivity index (χ2n) is 6.13. The Kier molecular flexibility index (Phi) is 4.90. The molecule has 1 aliphatic heterocycles. The zero-order chi connectivity index (χ0) is 18.1. The monoisotopic (exact) mass is 402 g/mol. The second kappa shape index (κ2) is 7.31. The molecule has 132 valence electrons. The molecule has 0 bridgehead atoms. The van der Waals surface area contributed by atoms with Gasteiger partial charge in [-0.05, 0) is 65.4 Å². The molecular formula is C20H16Cl2N2OS. The zero-order valence-corrected chi connectivity index (χ0v) is 16.1.